The van der Waals surface area contributed by atoms with Crippen molar-refractivity contribution in [1.29, 1.82) is 0 Å². The molecule has 26 heavy (non-hydrogen) atoms. The van der Waals surface area contributed by atoms with E-state index in [-0.39, 0.29) is 23.5 Å². The average molecular weight is 357 g/mol. The molecule has 3 rings (SSSR count). The molecule has 0 saturated carbocycles. The highest BCUT2D eigenvalue weighted by atomic mass is 16.5. The third kappa shape index (κ3) is 3.54. The Morgan fingerprint density at radius 1 is 1.38 bits per heavy atom. The maximum Gasteiger partial charge on any atom is 0.270 e. The molecule has 1 aromatic carbocycles. The summed E-state index contributed by atoms with van der Waals surface area (Å²) in [5.74, 6) is 1.66. The zero-order valence-corrected chi connectivity index (χ0v) is 16.3. The number of fused-ring (bicyclic) bond motifs is 1. The van der Waals surface area contributed by atoms with Gasteiger partial charge in [-0.15, -0.1) is 0 Å². The maximum atomic E-state index is 12.9. The highest BCUT2D eigenvalue weighted by Crippen LogP contribution is 2.41. The fraction of sp³-hybridized carbons (Fsp3) is 0.500. The average Bonchev–Trinajstić information content (AvgIpc) is 2.96. The van der Waals surface area contributed by atoms with Gasteiger partial charge < -0.3 is 14.8 Å². The van der Waals surface area contributed by atoms with Crippen molar-refractivity contribution in [3.8, 4) is 11.5 Å². The van der Waals surface area contributed by atoms with Crippen LogP contribution in [0.15, 0.2) is 24.3 Å². The molecule has 0 bridgehead atoms. The SMILES string of the molecule is COc1ccc2c(c1)[C@H](NC(=O)c1cc(C(C)C)nn1C)CC(C)(C)O2. The van der Waals surface area contributed by atoms with Gasteiger partial charge in [-0.3, -0.25) is 9.48 Å². The topological polar surface area (TPSA) is 65.4 Å². The van der Waals surface area contributed by atoms with E-state index in [4.69, 9.17) is 9.47 Å². The Balaban J connectivity index is 1.90. The molecule has 0 radical (unpaired) electrons. The Labute approximate surface area is 154 Å². The third-order valence-corrected chi connectivity index (χ3v) is 4.70. The molecular weight excluding hydrogens is 330 g/mol. The Bertz CT molecular complexity index is 824. The van der Waals surface area contributed by atoms with Crippen LogP contribution in [0, 0.1) is 0 Å². The van der Waals surface area contributed by atoms with Crippen LogP contribution in [0.2, 0.25) is 0 Å². The highest BCUT2D eigenvalue weighted by Gasteiger charge is 2.35. The lowest BCUT2D eigenvalue weighted by Gasteiger charge is -2.38. The van der Waals surface area contributed by atoms with Crippen LogP contribution < -0.4 is 14.8 Å². The summed E-state index contributed by atoms with van der Waals surface area (Å²) < 4.78 is 13.0. The first-order chi connectivity index (χ1) is 12.2. The number of aromatic nitrogens is 2. The minimum absolute atomic E-state index is 0.136. The summed E-state index contributed by atoms with van der Waals surface area (Å²) in [6.07, 6.45) is 0.674. The molecule has 2 aromatic rings. The van der Waals surface area contributed by atoms with E-state index in [1.807, 2.05) is 38.1 Å². The van der Waals surface area contributed by atoms with E-state index in [0.717, 1.165) is 22.8 Å². The normalized spacial score (nSPS) is 18.2. The second-order valence-electron chi connectivity index (χ2n) is 7.73. The quantitative estimate of drug-likeness (QED) is 0.908. The molecule has 0 unspecified atom stereocenters. The Morgan fingerprint density at radius 2 is 2.12 bits per heavy atom. The molecule has 1 N–H and O–H groups in total. The van der Waals surface area contributed by atoms with E-state index >= 15 is 0 Å². The zero-order valence-electron chi connectivity index (χ0n) is 16.3. The van der Waals surface area contributed by atoms with Crippen LogP contribution in [-0.2, 0) is 7.05 Å². The molecule has 6 nitrogen and oxygen atoms in total. The molecular formula is C20H27N3O3. The summed E-state index contributed by atoms with van der Waals surface area (Å²) >= 11 is 0. The van der Waals surface area contributed by atoms with E-state index in [2.05, 4.69) is 24.3 Å². The largest absolute Gasteiger partial charge is 0.497 e. The monoisotopic (exact) mass is 357 g/mol. The van der Waals surface area contributed by atoms with Crippen LogP contribution in [0.4, 0.5) is 0 Å². The van der Waals surface area contributed by atoms with Crippen molar-refractivity contribution in [3.63, 3.8) is 0 Å². The van der Waals surface area contributed by atoms with Gasteiger partial charge in [0.05, 0.1) is 18.8 Å². The summed E-state index contributed by atoms with van der Waals surface area (Å²) in [6, 6.07) is 7.40. The standard InChI is InChI=1S/C20H27N3O3/c1-12(2)15-10-17(23(5)22-15)19(24)21-16-11-20(3,4)26-18-8-7-13(25-6)9-14(16)18/h7-10,12,16H,11H2,1-6H3,(H,21,24)/t16-/m1/s1. The van der Waals surface area contributed by atoms with Gasteiger partial charge in [-0.2, -0.15) is 5.10 Å². The van der Waals surface area contributed by atoms with Gasteiger partial charge in [0.2, 0.25) is 0 Å². The maximum absolute atomic E-state index is 12.9. The van der Waals surface area contributed by atoms with Gasteiger partial charge in [0.1, 0.15) is 22.8 Å². The lowest BCUT2D eigenvalue weighted by molar-refractivity contribution is 0.0615. The number of amides is 1. The Morgan fingerprint density at radius 3 is 2.73 bits per heavy atom. The van der Waals surface area contributed by atoms with Crippen LogP contribution in [0.5, 0.6) is 11.5 Å². The van der Waals surface area contributed by atoms with Crippen LogP contribution in [-0.4, -0.2) is 28.4 Å². The van der Waals surface area contributed by atoms with Crippen molar-refractivity contribution in [3.05, 3.63) is 41.2 Å². The second kappa shape index (κ2) is 6.67. The number of benzene rings is 1. The molecule has 6 heteroatoms. The van der Waals surface area contributed by atoms with Gasteiger partial charge in [0, 0.05) is 19.0 Å². The first kappa shape index (κ1) is 18.3. The predicted molar refractivity (Wildman–Crippen MR) is 99.8 cm³/mol. The van der Waals surface area contributed by atoms with Crippen molar-refractivity contribution in [2.45, 2.75) is 51.7 Å². The molecule has 1 aliphatic rings. The lowest BCUT2D eigenvalue weighted by Crippen LogP contribution is -2.41. The highest BCUT2D eigenvalue weighted by molar-refractivity contribution is 5.93. The van der Waals surface area contributed by atoms with Gasteiger partial charge in [-0.05, 0) is 44.0 Å². The molecule has 140 valence electrons. The molecule has 0 spiro atoms. The number of aryl methyl sites for hydroxylation is 1. The molecule has 1 atom stereocenters. The number of hydrogen-bond acceptors (Lipinski definition) is 4. The smallest absolute Gasteiger partial charge is 0.270 e. The summed E-state index contributed by atoms with van der Waals surface area (Å²) in [4.78, 5) is 12.9. The summed E-state index contributed by atoms with van der Waals surface area (Å²) in [7, 11) is 3.43. The zero-order chi connectivity index (χ0) is 19.1. The molecule has 1 aromatic heterocycles. The predicted octanol–water partition coefficient (Wildman–Crippen LogP) is 3.58. The number of rotatable bonds is 4. The van der Waals surface area contributed by atoms with Crippen molar-refractivity contribution >= 4 is 5.91 Å². The molecule has 1 amide bonds. The number of carbonyl (C=O) groups is 1. The van der Waals surface area contributed by atoms with Gasteiger partial charge in [-0.25, -0.2) is 0 Å². The van der Waals surface area contributed by atoms with E-state index < -0.39 is 0 Å². The third-order valence-electron chi connectivity index (χ3n) is 4.70. The van der Waals surface area contributed by atoms with Gasteiger partial charge >= 0.3 is 0 Å². The number of carbonyl (C=O) groups excluding carboxylic acids is 1. The number of hydrogen-bond donors (Lipinski definition) is 1. The summed E-state index contributed by atoms with van der Waals surface area (Å²) in [6.45, 7) is 8.18. The van der Waals surface area contributed by atoms with Crippen LogP contribution in [0.3, 0.4) is 0 Å². The van der Waals surface area contributed by atoms with E-state index in [9.17, 15) is 4.79 Å². The van der Waals surface area contributed by atoms with Crippen molar-refractivity contribution in [2.75, 3.05) is 7.11 Å². The van der Waals surface area contributed by atoms with Crippen LogP contribution in [0.25, 0.3) is 0 Å². The molecule has 1 aliphatic heterocycles. The Kier molecular flexibility index (Phi) is 4.69. The molecule has 0 saturated heterocycles. The van der Waals surface area contributed by atoms with E-state index in [0.29, 0.717) is 12.1 Å². The van der Waals surface area contributed by atoms with Crippen LogP contribution in [0.1, 0.15) is 67.8 Å². The second-order valence-corrected chi connectivity index (χ2v) is 7.73. The first-order valence-electron chi connectivity index (χ1n) is 8.92. The number of methoxy groups -OCH3 is 1. The van der Waals surface area contributed by atoms with Crippen molar-refractivity contribution in [2.24, 2.45) is 7.05 Å². The fourth-order valence-corrected chi connectivity index (χ4v) is 3.30. The van der Waals surface area contributed by atoms with Crippen LogP contribution >= 0.6 is 0 Å². The van der Waals surface area contributed by atoms with Gasteiger partial charge in [0.15, 0.2) is 0 Å². The fourth-order valence-electron chi connectivity index (χ4n) is 3.30. The molecule has 0 aliphatic carbocycles. The van der Waals surface area contributed by atoms with E-state index in [1.54, 1.807) is 18.8 Å². The number of ether oxygens (including phenoxy) is 2. The minimum atomic E-state index is -0.366. The first-order valence-corrected chi connectivity index (χ1v) is 8.92. The Hall–Kier alpha value is -2.50. The minimum Gasteiger partial charge on any atom is -0.497 e. The van der Waals surface area contributed by atoms with Gasteiger partial charge in [-0.1, -0.05) is 13.8 Å². The molecule has 2 heterocycles. The molecule has 0 fully saturated rings. The van der Waals surface area contributed by atoms with Crippen molar-refractivity contribution < 1.29 is 14.3 Å². The lowest BCUT2D eigenvalue weighted by atomic mass is 9.89. The number of nitrogens with one attached hydrogen (secondary N) is 1. The summed E-state index contributed by atoms with van der Waals surface area (Å²) in [5.41, 5.74) is 2.03. The number of nitrogens with zero attached hydrogens (tertiary/aromatic N) is 2. The van der Waals surface area contributed by atoms with Gasteiger partial charge in [0.25, 0.3) is 5.91 Å². The van der Waals surface area contributed by atoms with E-state index in [1.165, 1.54) is 0 Å². The van der Waals surface area contributed by atoms with Crippen molar-refractivity contribution in [1.82, 2.24) is 15.1 Å². The summed E-state index contributed by atoms with van der Waals surface area (Å²) in [5, 5.41) is 7.59.